The van der Waals surface area contributed by atoms with E-state index in [4.69, 9.17) is 9.84 Å². The van der Waals surface area contributed by atoms with E-state index in [9.17, 15) is 17.6 Å². The van der Waals surface area contributed by atoms with Crippen LogP contribution >= 0.6 is 0 Å². The van der Waals surface area contributed by atoms with Gasteiger partial charge in [-0.1, -0.05) is 13.0 Å². The maximum Gasteiger partial charge on any atom is 0.417 e. The van der Waals surface area contributed by atoms with Gasteiger partial charge in [-0.3, -0.25) is 0 Å². The third kappa shape index (κ3) is 4.64. The Morgan fingerprint density at radius 2 is 2.00 bits per heavy atom. The molecular formula is C13H17F4NO2. The minimum absolute atomic E-state index is 0.0572. The molecule has 0 aliphatic heterocycles. The minimum atomic E-state index is -4.75. The quantitative estimate of drug-likeness (QED) is 0.793. The van der Waals surface area contributed by atoms with Gasteiger partial charge in [0.25, 0.3) is 0 Å². The maximum atomic E-state index is 13.8. The van der Waals surface area contributed by atoms with E-state index in [1.54, 1.807) is 6.92 Å². The Morgan fingerprint density at radius 1 is 1.35 bits per heavy atom. The van der Waals surface area contributed by atoms with Crippen LogP contribution in [0.15, 0.2) is 18.2 Å². The molecule has 3 nitrogen and oxygen atoms in total. The van der Waals surface area contributed by atoms with Crippen LogP contribution in [0.25, 0.3) is 0 Å². The van der Waals surface area contributed by atoms with Gasteiger partial charge >= 0.3 is 6.18 Å². The van der Waals surface area contributed by atoms with Crippen molar-refractivity contribution >= 4 is 0 Å². The van der Waals surface area contributed by atoms with Crippen molar-refractivity contribution in [1.29, 1.82) is 0 Å². The molecule has 0 fully saturated rings. The molecule has 114 valence electrons. The number of nitrogens with one attached hydrogen (secondary N) is 1. The molecule has 2 unspecified atom stereocenters. The summed E-state index contributed by atoms with van der Waals surface area (Å²) in [4.78, 5) is 0. The molecule has 0 radical (unpaired) electrons. The Balaban J connectivity index is 2.68. The predicted octanol–water partition coefficient (Wildman–Crippen LogP) is 2.80. The Labute approximate surface area is 114 Å². The summed E-state index contributed by atoms with van der Waals surface area (Å²) < 4.78 is 54.7. The Kier molecular flexibility index (Phi) is 5.76. The normalized spacial score (nSPS) is 14.9. The van der Waals surface area contributed by atoms with E-state index in [0.717, 1.165) is 6.07 Å². The number of hydrogen-bond donors (Lipinski definition) is 2. The second-order valence-electron chi connectivity index (χ2n) is 4.33. The zero-order valence-electron chi connectivity index (χ0n) is 11.2. The fourth-order valence-electron chi connectivity index (χ4n) is 1.63. The molecule has 0 saturated heterocycles. The van der Waals surface area contributed by atoms with Gasteiger partial charge in [-0.05, 0) is 19.5 Å². The summed E-state index contributed by atoms with van der Waals surface area (Å²) in [6.07, 6.45) is -7.34. The van der Waals surface area contributed by atoms with Crippen LogP contribution in [0.4, 0.5) is 17.6 Å². The van der Waals surface area contributed by atoms with Gasteiger partial charge in [-0.15, -0.1) is 0 Å². The van der Waals surface area contributed by atoms with Crippen LogP contribution < -0.4 is 10.1 Å². The monoisotopic (exact) mass is 295 g/mol. The first kappa shape index (κ1) is 16.7. The van der Waals surface area contributed by atoms with Gasteiger partial charge in [-0.25, -0.2) is 4.39 Å². The van der Waals surface area contributed by atoms with Gasteiger partial charge in [0.2, 0.25) is 0 Å². The van der Waals surface area contributed by atoms with Crippen molar-refractivity contribution in [1.82, 2.24) is 5.32 Å². The fourth-order valence-corrected chi connectivity index (χ4v) is 1.63. The summed E-state index contributed by atoms with van der Waals surface area (Å²) in [5, 5.41) is 11.8. The van der Waals surface area contributed by atoms with E-state index >= 15 is 0 Å². The topological polar surface area (TPSA) is 41.5 Å². The van der Waals surface area contributed by atoms with Crippen molar-refractivity contribution in [3.63, 3.8) is 0 Å². The molecule has 1 aromatic rings. The Morgan fingerprint density at radius 3 is 2.50 bits per heavy atom. The number of hydrogen-bond acceptors (Lipinski definition) is 3. The van der Waals surface area contributed by atoms with Crippen molar-refractivity contribution in [2.24, 2.45) is 0 Å². The molecule has 1 rings (SSSR count). The van der Waals surface area contributed by atoms with E-state index in [1.165, 1.54) is 12.1 Å². The Bertz CT molecular complexity index is 437. The zero-order valence-corrected chi connectivity index (χ0v) is 11.2. The Hall–Kier alpha value is -1.34. The highest BCUT2D eigenvalue weighted by Crippen LogP contribution is 2.24. The van der Waals surface area contributed by atoms with Crippen LogP contribution in [0.2, 0.25) is 0 Å². The number of alkyl halides is 3. The van der Waals surface area contributed by atoms with Gasteiger partial charge in [0.05, 0.1) is 0 Å². The molecule has 20 heavy (non-hydrogen) atoms. The highest BCUT2D eigenvalue weighted by molar-refractivity contribution is 5.30. The van der Waals surface area contributed by atoms with E-state index in [-0.39, 0.29) is 11.8 Å². The SMILES string of the molecule is CCNC(C)c1ccc(OCC(O)C(F)(F)F)cc1F. The van der Waals surface area contributed by atoms with Crippen molar-refractivity contribution in [3.8, 4) is 5.75 Å². The molecule has 0 aliphatic carbocycles. The molecule has 0 heterocycles. The highest BCUT2D eigenvalue weighted by Gasteiger charge is 2.38. The van der Waals surface area contributed by atoms with Crippen molar-refractivity contribution in [3.05, 3.63) is 29.6 Å². The molecule has 0 saturated carbocycles. The van der Waals surface area contributed by atoms with Crippen LogP contribution in [0.1, 0.15) is 25.5 Å². The highest BCUT2D eigenvalue weighted by atomic mass is 19.4. The van der Waals surface area contributed by atoms with Gasteiger partial charge in [-0.2, -0.15) is 13.2 Å². The molecular weight excluding hydrogens is 278 g/mol. The molecule has 2 atom stereocenters. The number of rotatable bonds is 6. The van der Waals surface area contributed by atoms with Gasteiger partial charge in [0.1, 0.15) is 18.2 Å². The molecule has 0 spiro atoms. The summed E-state index contributed by atoms with van der Waals surface area (Å²) in [7, 11) is 0. The first-order chi connectivity index (χ1) is 9.25. The fraction of sp³-hybridized carbons (Fsp3) is 0.538. The van der Waals surface area contributed by atoms with Crippen LogP contribution in [0.5, 0.6) is 5.75 Å². The summed E-state index contributed by atoms with van der Waals surface area (Å²) in [6.45, 7) is 3.35. The summed E-state index contributed by atoms with van der Waals surface area (Å²) >= 11 is 0. The average molecular weight is 295 g/mol. The lowest BCUT2D eigenvalue weighted by atomic mass is 10.1. The van der Waals surface area contributed by atoms with Crippen LogP contribution in [-0.2, 0) is 0 Å². The van der Waals surface area contributed by atoms with Gasteiger partial charge in [0.15, 0.2) is 6.10 Å². The molecule has 0 aliphatic rings. The lowest BCUT2D eigenvalue weighted by Gasteiger charge is -2.17. The number of aliphatic hydroxyl groups excluding tert-OH is 1. The minimum Gasteiger partial charge on any atom is -0.490 e. The smallest absolute Gasteiger partial charge is 0.417 e. The lowest BCUT2D eigenvalue weighted by molar-refractivity contribution is -0.210. The number of ether oxygens (including phenoxy) is 1. The molecule has 2 N–H and O–H groups in total. The van der Waals surface area contributed by atoms with E-state index in [2.05, 4.69) is 5.32 Å². The van der Waals surface area contributed by atoms with Crippen molar-refractivity contribution < 1.29 is 27.4 Å². The van der Waals surface area contributed by atoms with E-state index < -0.39 is 24.7 Å². The number of benzene rings is 1. The third-order valence-electron chi connectivity index (χ3n) is 2.73. The van der Waals surface area contributed by atoms with Crippen LogP contribution in [0, 0.1) is 5.82 Å². The summed E-state index contributed by atoms with van der Waals surface area (Å²) in [6, 6.07) is 3.61. The van der Waals surface area contributed by atoms with Crippen molar-refractivity contribution in [2.75, 3.05) is 13.2 Å². The van der Waals surface area contributed by atoms with Crippen molar-refractivity contribution in [2.45, 2.75) is 32.2 Å². The summed E-state index contributed by atoms with van der Waals surface area (Å²) in [5.74, 6) is -0.629. The third-order valence-corrected chi connectivity index (χ3v) is 2.73. The number of halogens is 4. The molecule has 7 heteroatoms. The molecule has 0 aromatic heterocycles. The second kappa shape index (κ2) is 6.90. The maximum absolute atomic E-state index is 13.8. The number of aliphatic hydroxyl groups is 1. The largest absolute Gasteiger partial charge is 0.490 e. The molecule has 1 aromatic carbocycles. The van der Waals surface area contributed by atoms with Gasteiger partial charge in [0, 0.05) is 17.7 Å². The van der Waals surface area contributed by atoms with Crippen LogP contribution in [0.3, 0.4) is 0 Å². The predicted molar refractivity (Wildman–Crippen MR) is 66.0 cm³/mol. The average Bonchev–Trinajstić information content (AvgIpc) is 2.35. The van der Waals surface area contributed by atoms with E-state index in [0.29, 0.717) is 12.1 Å². The summed E-state index contributed by atoms with van der Waals surface area (Å²) in [5.41, 5.74) is 0.399. The van der Waals surface area contributed by atoms with Gasteiger partial charge < -0.3 is 15.2 Å². The molecule has 0 amide bonds. The lowest BCUT2D eigenvalue weighted by Crippen LogP contribution is -2.34. The van der Waals surface area contributed by atoms with Crippen LogP contribution in [-0.4, -0.2) is 30.5 Å². The van der Waals surface area contributed by atoms with E-state index in [1.807, 2.05) is 6.92 Å². The molecule has 0 bridgehead atoms. The first-order valence-corrected chi connectivity index (χ1v) is 6.16. The standard InChI is InChI=1S/C13H17F4NO2/c1-3-18-8(2)10-5-4-9(6-11(10)14)20-7-12(19)13(15,16)17/h4-6,8,12,18-19H,3,7H2,1-2H3. The first-order valence-electron chi connectivity index (χ1n) is 6.16. The zero-order chi connectivity index (χ0) is 15.3. The second-order valence-corrected chi connectivity index (χ2v) is 4.33.